The summed E-state index contributed by atoms with van der Waals surface area (Å²) >= 11 is 0. The highest BCUT2D eigenvalue weighted by molar-refractivity contribution is 5.99. The third-order valence-corrected chi connectivity index (χ3v) is 2.26. The summed E-state index contributed by atoms with van der Waals surface area (Å²) in [6.45, 7) is 0. The molecule has 0 saturated carbocycles. The number of carbonyl (C=O) groups excluding carboxylic acids is 1. The number of nitrogens with zero attached hydrogens (tertiary/aromatic N) is 2. The Morgan fingerprint density at radius 1 is 1.22 bits per heavy atom. The second-order valence-corrected chi connectivity index (χ2v) is 3.54. The fraction of sp³-hybridized carbons (Fsp3) is 0. The molecule has 1 heterocycles. The number of benzene rings is 1. The summed E-state index contributed by atoms with van der Waals surface area (Å²) in [5, 5.41) is 3.82. The first-order valence-corrected chi connectivity index (χ1v) is 5.36. The van der Waals surface area contributed by atoms with Gasteiger partial charge >= 0.3 is 0 Å². The molecule has 0 spiro atoms. The predicted octanol–water partition coefficient (Wildman–Crippen LogP) is 1.43. The molecule has 0 aliphatic heterocycles. The first kappa shape index (κ1) is 11.8. The zero-order valence-corrected chi connectivity index (χ0v) is 9.58. The summed E-state index contributed by atoms with van der Waals surface area (Å²) in [5.41, 5.74) is 9.56. The summed E-state index contributed by atoms with van der Waals surface area (Å²) in [6, 6.07) is 12.2. The quantitative estimate of drug-likeness (QED) is 0.484. The molecular weight excluding hydrogens is 228 g/mol. The van der Waals surface area contributed by atoms with E-state index in [0.717, 1.165) is 0 Å². The summed E-state index contributed by atoms with van der Waals surface area (Å²) in [5.74, 6) is -0.347. The van der Waals surface area contributed by atoms with Gasteiger partial charge in [-0.25, -0.2) is 5.43 Å². The van der Waals surface area contributed by atoms with Crippen LogP contribution in [0.3, 0.4) is 0 Å². The average molecular weight is 240 g/mol. The van der Waals surface area contributed by atoms with Crippen LogP contribution in [0, 0.1) is 0 Å². The number of rotatable bonds is 3. The Morgan fingerprint density at radius 2 is 2.00 bits per heavy atom. The van der Waals surface area contributed by atoms with Crippen molar-refractivity contribution >= 4 is 17.8 Å². The number of aromatic nitrogens is 1. The molecule has 0 fully saturated rings. The van der Waals surface area contributed by atoms with Crippen LogP contribution in [0.4, 0.5) is 5.69 Å². The molecule has 2 rings (SSSR count). The number of nitrogens with one attached hydrogen (secondary N) is 1. The SMILES string of the molecule is Nc1ccccc1C(=O)NN=Cc1ccccn1. The fourth-order valence-electron chi connectivity index (χ4n) is 1.37. The van der Waals surface area contributed by atoms with E-state index in [1.807, 2.05) is 6.07 Å². The number of para-hydroxylation sites is 1. The fourth-order valence-corrected chi connectivity index (χ4v) is 1.37. The first-order valence-electron chi connectivity index (χ1n) is 5.36. The van der Waals surface area contributed by atoms with Crippen molar-refractivity contribution in [2.24, 2.45) is 5.10 Å². The number of pyridine rings is 1. The molecular formula is C13H12N4O. The van der Waals surface area contributed by atoms with Gasteiger partial charge in [-0.15, -0.1) is 0 Å². The van der Waals surface area contributed by atoms with Gasteiger partial charge in [0.2, 0.25) is 0 Å². The van der Waals surface area contributed by atoms with E-state index in [2.05, 4.69) is 15.5 Å². The zero-order chi connectivity index (χ0) is 12.8. The lowest BCUT2D eigenvalue weighted by Crippen LogP contribution is -2.19. The molecule has 18 heavy (non-hydrogen) atoms. The normalized spacial score (nSPS) is 10.4. The largest absolute Gasteiger partial charge is 0.398 e. The van der Waals surface area contributed by atoms with Crippen LogP contribution in [0.2, 0.25) is 0 Å². The second-order valence-electron chi connectivity index (χ2n) is 3.54. The molecule has 90 valence electrons. The zero-order valence-electron chi connectivity index (χ0n) is 9.58. The van der Waals surface area contributed by atoms with Gasteiger partial charge in [0.1, 0.15) is 0 Å². The maximum atomic E-state index is 11.7. The van der Waals surface area contributed by atoms with Gasteiger partial charge in [-0.3, -0.25) is 9.78 Å². The van der Waals surface area contributed by atoms with Crippen LogP contribution in [-0.4, -0.2) is 17.1 Å². The van der Waals surface area contributed by atoms with Crippen LogP contribution in [0.15, 0.2) is 53.8 Å². The molecule has 1 aromatic heterocycles. The lowest BCUT2D eigenvalue weighted by atomic mass is 10.2. The Hall–Kier alpha value is -2.69. The van der Waals surface area contributed by atoms with Crippen LogP contribution < -0.4 is 11.2 Å². The van der Waals surface area contributed by atoms with Crippen molar-refractivity contribution in [1.29, 1.82) is 0 Å². The van der Waals surface area contributed by atoms with Crippen LogP contribution >= 0.6 is 0 Å². The third kappa shape index (κ3) is 2.91. The van der Waals surface area contributed by atoms with Crippen LogP contribution in [0.25, 0.3) is 0 Å². The van der Waals surface area contributed by atoms with Crippen molar-refractivity contribution in [2.45, 2.75) is 0 Å². The van der Waals surface area contributed by atoms with E-state index in [0.29, 0.717) is 16.9 Å². The van der Waals surface area contributed by atoms with Crippen molar-refractivity contribution in [3.05, 3.63) is 59.9 Å². The van der Waals surface area contributed by atoms with Crippen molar-refractivity contribution in [3.8, 4) is 0 Å². The van der Waals surface area contributed by atoms with E-state index in [9.17, 15) is 4.79 Å². The summed E-state index contributed by atoms with van der Waals surface area (Å²) < 4.78 is 0. The monoisotopic (exact) mass is 240 g/mol. The number of nitrogen functional groups attached to an aromatic ring is 1. The molecule has 3 N–H and O–H groups in total. The van der Waals surface area contributed by atoms with E-state index in [1.165, 1.54) is 6.21 Å². The molecule has 0 atom stereocenters. The number of hydrogen-bond donors (Lipinski definition) is 2. The highest BCUT2D eigenvalue weighted by Crippen LogP contribution is 2.09. The van der Waals surface area contributed by atoms with Crippen LogP contribution in [0.5, 0.6) is 0 Å². The Kier molecular flexibility index (Phi) is 3.66. The Labute approximate surface area is 104 Å². The van der Waals surface area contributed by atoms with E-state index in [-0.39, 0.29) is 5.91 Å². The number of carbonyl (C=O) groups is 1. The molecule has 1 aromatic carbocycles. The molecule has 5 heteroatoms. The van der Waals surface area contributed by atoms with E-state index in [4.69, 9.17) is 5.73 Å². The van der Waals surface area contributed by atoms with Gasteiger partial charge in [0.05, 0.1) is 17.5 Å². The van der Waals surface area contributed by atoms with Crippen molar-refractivity contribution in [3.63, 3.8) is 0 Å². The summed E-state index contributed by atoms with van der Waals surface area (Å²) in [4.78, 5) is 15.8. The van der Waals surface area contributed by atoms with Gasteiger partial charge in [-0.2, -0.15) is 5.10 Å². The van der Waals surface area contributed by atoms with E-state index >= 15 is 0 Å². The smallest absolute Gasteiger partial charge is 0.273 e. The minimum Gasteiger partial charge on any atom is -0.398 e. The maximum absolute atomic E-state index is 11.7. The number of anilines is 1. The molecule has 2 aromatic rings. The van der Waals surface area contributed by atoms with Gasteiger partial charge in [0, 0.05) is 11.9 Å². The van der Waals surface area contributed by atoms with E-state index < -0.39 is 0 Å². The maximum Gasteiger partial charge on any atom is 0.273 e. The molecule has 0 bridgehead atoms. The Balaban J connectivity index is 2.01. The Morgan fingerprint density at radius 3 is 2.72 bits per heavy atom. The number of hydrogen-bond acceptors (Lipinski definition) is 4. The van der Waals surface area contributed by atoms with Gasteiger partial charge in [0.15, 0.2) is 0 Å². The average Bonchev–Trinajstić information content (AvgIpc) is 2.40. The predicted molar refractivity (Wildman–Crippen MR) is 70.2 cm³/mol. The summed E-state index contributed by atoms with van der Waals surface area (Å²) in [7, 11) is 0. The number of nitrogens with two attached hydrogens (primary N) is 1. The molecule has 0 unspecified atom stereocenters. The highest BCUT2D eigenvalue weighted by atomic mass is 16.2. The molecule has 0 saturated heterocycles. The van der Waals surface area contributed by atoms with Gasteiger partial charge in [-0.05, 0) is 24.3 Å². The summed E-state index contributed by atoms with van der Waals surface area (Å²) in [6.07, 6.45) is 3.12. The molecule has 0 aliphatic carbocycles. The van der Waals surface area contributed by atoms with Crippen LogP contribution in [-0.2, 0) is 0 Å². The highest BCUT2D eigenvalue weighted by Gasteiger charge is 2.06. The minimum atomic E-state index is -0.347. The molecule has 0 aliphatic rings. The Bertz CT molecular complexity index is 566. The van der Waals surface area contributed by atoms with Crippen molar-refractivity contribution < 1.29 is 4.79 Å². The molecule has 5 nitrogen and oxygen atoms in total. The van der Waals surface area contributed by atoms with Crippen molar-refractivity contribution in [1.82, 2.24) is 10.4 Å². The van der Waals surface area contributed by atoms with E-state index in [1.54, 1.807) is 42.6 Å². The lowest BCUT2D eigenvalue weighted by Gasteiger charge is -2.02. The standard InChI is InChI=1S/C13H12N4O/c14-12-7-2-1-6-11(12)13(18)17-16-9-10-5-3-4-8-15-10/h1-9H,14H2,(H,17,18). The lowest BCUT2D eigenvalue weighted by molar-refractivity contribution is 0.0956. The minimum absolute atomic E-state index is 0.347. The van der Waals surface area contributed by atoms with Crippen LogP contribution in [0.1, 0.15) is 16.1 Å². The number of hydrazone groups is 1. The van der Waals surface area contributed by atoms with Crippen molar-refractivity contribution in [2.75, 3.05) is 5.73 Å². The third-order valence-electron chi connectivity index (χ3n) is 2.26. The second kappa shape index (κ2) is 5.58. The van der Waals surface area contributed by atoms with Gasteiger partial charge < -0.3 is 5.73 Å². The molecule has 0 radical (unpaired) electrons. The first-order chi connectivity index (χ1) is 8.77. The van der Waals surface area contributed by atoms with Gasteiger partial charge in [-0.1, -0.05) is 18.2 Å². The topological polar surface area (TPSA) is 80.4 Å². The molecule has 1 amide bonds. The number of amides is 1. The van der Waals surface area contributed by atoms with Gasteiger partial charge in [0.25, 0.3) is 5.91 Å².